The molecule has 0 radical (unpaired) electrons. The number of ether oxygens (including phenoxy) is 1. The van der Waals surface area contributed by atoms with E-state index >= 15 is 0 Å². The Morgan fingerprint density at radius 1 is 1.19 bits per heavy atom. The van der Waals surface area contributed by atoms with Crippen LogP contribution in [0.2, 0.25) is 5.02 Å². The van der Waals surface area contributed by atoms with Gasteiger partial charge in [-0.05, 0) is 53.2 Å². The number of benzene rings is 2. The Morgan fingerprint density at radius 2 is 1.88 bits per heavy atom. The summed E-state index contributed by atoms with van der Waals surface area (Å²) in [6.07, 6.45) is -0.618. The largest absolute Gasteiger partial charge is 0.480 e. The lowest BCUT2D eigenvalue weighted by Gasteiger charge is -2.37. The maximum Gasteiger partial charge on any atom is 0.263 e. The predicted octanol–water partition coefficient (Wildman–Crippen LogP) is 4.36. The van der Waals surface area contributed by atoms with Crippen LogP contribution < -0.4 is 9.64 Å². The summed E-state index contributed by atoms with van der Waals surface area (Å²) in [4.78, 5) is 16.4. The second kappa shape index (κ2) is 8.27. The van der Waals surface area contributed by atoms with Crippen LogP contribution in [0.5, 0.6) is 5.75 Å². The molecule has 1 fully saturated rings. The fourth-order valence-corrected chi connectivity index (χ4v) is 3.72. The smallest absolute Gasteiger partial charge is 0.263 e. The Labute approximate surface area is 165 Å². The minimum Gasteiger partial charge on any atom is -0.480 e. The summed E-state index contributed by atoms with van der Waals surface area (Å²) in [5, 5.41) is 0.590. The molecule has 4 nitrogen and oxygen atoms in total. The lowest BCUT2D eigenvalue weighted by molar-refractivity contribution is -0.138. The van der Waals surface area contributed by atoms with Crippen LogP contribution in [0.4, 0.5) is 10.1 Å². The topological polar surface area (TPSA) is 32.8 Å². The predicted molar refractivity (Wildman–Crippen MR) is 104 cm³/mol. The number of rotatable bonds is 4. The standard InChI is InChI=1S/C19H19BrClFN2O2/c1-13(26-18-7-6-14(21)12-15(18)20)19(25)24-10-8-23(9-11-24)17-5-3-2-4-16(17)22/h2-7,12-13H,8-11H2,1H3/t13-/m1/s1. The number of halogens is 3. The fourth-order valence-electron chi connectivity index (χ4n) is 2.94. The summed E-state index contributed by atoms with van der Waals surface area (Å²) in [5.74, 6) is 0.247. The van der Waals surface area contributed by atoms with Crippen LogP contribution in [0, 0.1) is 5.82 Å². The van der Waals surface area contributed by atoms with Crippen LogP contribution in [-0.2, 0) is 4.79 Å². The van der Waals surface area contributed by atoms with Crippen LogP contribution in [0.1, 0.15) is 6.92 Å². The number of para-hydroxylation sites is 1. The molecule has 138 valence electrons. The lowest BCUT2D eigenvalue weighted by Crippen LogP contribution is -2.52. The van der Waals surface area contributed by atoms with Gasteiger partial charge in [0.1, 0.15) is 11.6 Å². The van der Waals surface area contributed by atoms with Gasteiger partial charge in [0.2, 0.25) is 0 Å². The summed E-state index contributed by atoms with van der Waals surface area (Å²) >= 11 is 9.31. The quantitative estimate of drug-likeness (QED) is 0.707. The van der Waals surface area contributed by atoms with Gasteiger partial charge in [-0.1, -0.05) is 23.7 Å². The van der Waals surface area contributed by atoms with Gasteiger partial charge in [-0.3, -0.25) is 4.79 Å². The molecular weight excluding hydrogens is 423 g/mol. The van der Waals surface area contributed by atoms with E-state index in [0.717, 1.165) is 0 Å². The number of hydrogen-bond donors (Lipinski definition) is 0. The van der Waals surface area contributed by atoms with E-state index in [1.807, 2.05) is 11.0 Å². The Bertz CT molecular complexity index is 797. The van der Waals surface area contributed by atoms with Crippen molar-refractivity contribution in [3.05, 3.63) is 57.8 Å². The third-order valence-corrected chi connectivity index (χ3v) is 5.18. The highest BCUT2D eigenvalue weighted by atomic mass is 79.9. The van der Waals surface area contributed by atoms with E-state index in [9.17, 15) is 9.18 Å². The van der Waals surface area contributed by atoms with Gasteiger partial charge < -0.3 is 14.5 Å². The first-order valence-electron chi connectivity index (χ1n) is 8.35. The highest BCUT2D eigenvalue weighted by molar-refractivity contribution is 9.10. The third kappa shape index (κ3) is 4.30. The van der Waals surface area contributed by atoms with Crippen LogP contribution in [0.15, 0.2) is 46.9 Å². The number of anilines is 1. The van der Waals surface area contributed by atoms with Gasteiger partial charge in [0.25, 0.3) is 5.91 Å². The Balaban J connectivity index is 1.58. The van der Waals surface area contributed by atoms with Gasteiger partial charge in [0.15, 0.2) is 6.10 Å². The van der Waals surface area contributed by atoms with Crippen LogP contribution >= 0.6 is 27.5 Å². The number of carbonyl (C=O) groups excluding carboxylic acids is 1. The normalized spacial score (nSPS) is 15.7. The molecule has 7 heteroatoms. The summed E-state index contributed by atoms with van der Waals surface area (Å²) in [6, 6.07) is 11.9. The molecule has 1 aliphatic rings. The Hall–Kier alpha value is -1.79. The Kier molecular flexibility index (Phi) is 6.04. The van der Waals surface area contributed by atoms with Gasteiger partial charge in [0.05, 0.1) is 10.2 Å². The molecule has 0 spiro atoms. The molecule has 3 rings (SSSR count). The first-order valence-corrected chi connectivity index (χ1v) is 9.53. The molecule has 2 aromatic carbocycles. The van der Waals surface area contributed by atoms with E-state index in [4.69, 9.17) is 16.3 Å². The van der Waals surface area contributed by atoms with Crippen LogP contribution in [0.3, 0.4) is 0 Å². The SMILES string of the molecule is C[C@@H](Oc1ccc(Cl)cc1Br)C(=O)N1CCN(c2ccccc2F)CC1. The first-order chi connectivity index (χ1) is 12.5. The zero-order chi connectivity index (χ0) is 18.7. The monoisotopic (exact) mass is 440 g/mol. The number of nitrogens with zero attached hydrogens (tertiary/aromatic N) is 2. The van der Waals surface area contributed by atoms with Crippen molar-refractivity contribution in [1.29, 1.82) is 0 Å². The van der Waals surface area contributed by atoms with Crippen molar-refractivity contribution < 1.29 is 13.9 Å². The summed E-state index contributed by atoms with van der Waals surface area (Å²) < 4.78 is 20.4. The van der Waals surface area contributed by atoms with Gasteiger partial charge in [0, 0.05) is 31.2 Å². The molecule has 0 bridgehead atoms. The fraction of sp³-hybridized carbons (Fsp3) is 0.316. The van der Waals surface area contributed by atoms with Crippen LogP contribution in [0.25, 0.3) is 0 Å². The zero-order valence-corrected chi connectivity index (χ0v) is 16.6. The maximum absolute atomic E-state index is 13.9. The molecular formula is C19H19BrClFN2O2. The minimum atomic E-state index is -0.618. The molecule has 26 heavy (non-hydrogen) atoms. The van der Waals surface area contributed by atoms with Crippen molar-refractivity contribution >= 4 is 39.1 Å². The van der Waals surface area contributed by atoms with Crippen molar-refractivity contribution in [2.24, 2.45) is 0 Å². The van der Waals surface area contributed by atoms with E-state index < -0.39 is 6.10 Å². The second-order valence-electron chi connectivity index (χ2n) is 6.10. The van der Waals surface area contributed by atoms with Crippen molar-refractivity contribution in [3.8, 4) is 5.75 Å². The molecule has 1 heterocycles. The van der Waals surface area contributed by atoms with Gasteiger partial charge in [-0.15, -0.1) is 0 Å². The second-order valence-corrected chi connectivity index (χ2v) is 7.39. The molecule has 0 aliphatic carbocycles. The molecule has 0 N–H and O–H groups in total. The molecule has 0 saturated carbocycles. The highest BCUT2D eigenvalue weighted by Crippen LogP contribution is 2.29. The summed E-state index contributed by atoms with van der Waals surface area (Å²) in [7, 11) is 0. The van der Waals surface area contributed by atoms with E-state index in [1.54, 1.807) is 42.2 Å². The molecule has 0 unspecified atom stereocenters. The minimum absolute atomic E-state index is 0.0833. The van der Waals surface area contributed by atoms with Crippen molar-refractivity contribution in [2.45, 2.75) is 13.0 Å². The first kappa shape index (κ1) is 19.0. The van der Waals surface area contributed by atoms with Crippen molar-refractivity contribution in [1.82, 2.24) is 4.90 Å². The number of piperazine rings is 1. The highest BCUT2D eigenvalue weighted by Gasteiger charge is 2.27. The molecule has 1 aliphatic heterocycles. The average molecular weight is 442 g/mol. The van der Waals surface area contributed by atoms with E-state index in [0.29, 0.717) is 47.1 Å². The molecule has 1 saturated heterocycles. The zero-order valence-electron chi connectivity index (χ0n) is 14.3. The Morgan fingerprint density at radius 3 is 2.54 bits per heavy atom. The number of carbonyl (C=O) groups is 1. The number of amides is 1. The average Bonchev–Trinajstić information content (AvgIpc) is 2.64. The van der Waals surface area contributed by atoms with Gasteiger partial charge in [-0.2, -0.15) is 0 Å². The molecule has 1 atom stereocenters. The summed E-state index contributed by atoms with van der Waals surface area (Å²) in [6.45, 7) is 3.96. The summed E-state index contributed by atoms with van der Waals surface area (Å²) in [5.41, 5.74) is 0.578. The van der Waals surface area contributed by atoms with E-state index in [-0.39, 0.29) is 11.7 Å². The van der Waals surface area contributed by atoms with E-state index in [1.165, 1.54) is 6.07 Å². The van der Waals surface area contributed by atoms with Crippen molar-refractivity contribution in [3.63, 3.8) is 0 Å². The van der Waals surface area contributed by atoms with Gasteiger partial charge in [-0.25, -0.2) is 4.39 Å². The molecule has 1 amide bonds. The third-order valence-electron chi connectivity index (χ3n) is 4.33. The van der Waals surface area contributed by atoms with Gasteiger partial charge >= 0.3 is 0 Å². The van der Waals surface area contributed by atoms with Crippen molar-refractivity contribution in [2.75, 3.05) is 31.1 Å². The molecule has 0 aromatic heterocycles. The molecule has 2 aromatic rings. The number of hydrogen-bond acceptors (Lipinski definition) is 3. The van der Waals surface area contributed by atoms with Crippen LogP contribution in [-0.4, -0.2) is 43.1 Å². The lowest BCUT2D eigenvalue weighted by atomic mass is 10.2. The van der Waals surface area contributed by atoms with E-state index in [2.05, 4.69) is 15.9 Å². The maximum atomic E-state index is 13.9.